The molecule has 0 rings (SSSR count). The van der Waals surface area contributed by atoms with Gasteiger partial charge in [0.1, 0.15) is 2.82 Å². The van der Waals surface area contributed by atoms with E-state index in [0.29, 0.717) is 12.8 Å². The van der Waals surface area contributed by atoms with Crippen LogP contribution in [0.1, 0.15) is 112 Å². The Balaban J connectivity index is 7.23. The highest BCUT2D eigenvalue weighted by Crippen LogP contribution is 2.12. The predicted octanol–water partition coefficient (Wildman–Crippen LogP) is 3.92. The number of rotatable bonds is 16. The molecule has 3 atom stereocenters. The largest absolute Gasteiger partial charge is 0.395 e. The van der Waals surface area contributed by atoms with Gasteiger partial charge in [0.25, 0.3) is 0 Å². The molecule has 0 bridgehead atoms. The predicted molar refractivity (Wildman–Crippen MR) is 91.3 cm³/mol. The maximum atomic E-state index is 10.4. The number of hydrogen-bond donors (Lipinski definition) is 3. The third kappa shape index (κ3) is 14.3. The fourth-order valence-corrected chi connectivity index (χ4v) is 1.01. The maximum absolute atomic E-state index is 10.4. The highest BCUT2D eigenvalue weighted by molar-refractivity contribution is 4.93. The molecule has 0 fully saturated rings. The van der Waals surface area contributed by atoms with E-state index in [9.17, 15) is 10.2 Å². The average molecular weight is 323 g/mol. The molecule has 0 aromatic heterocycles. The third-order valence-corrected chi connectivity index (χ3v) is 2.01. The third-order valence-electron chi connectivity index (χ3n) is 2.01. The number of aliphatic hydroxyl groups is 2. The smallest absolute Gasteiger partial charge is 0.119 e. The lowest BCUT2D eigenvalue weighted by molar-refractivity contribution is 0.144. The van der Waals surface area contributed by atoms with Crippen LogP contribution in [0.15, 0.2) is 12.1 Å². The molecule has 0 spiro atoms. The van der Waals surface area contributed by atoms with Crippen LogP contribution in [0, 0.1) is 0 Å². The van der Waals surface area contributed by atoms with Gasteiger partial charge >= 0.3 is 0 Å². The summed E-state index contributed by atoms with van der Waals surface area (Å²) in [6, 6.07) is -8.87. The Morgan fingerprint density at radius 3 is 2.57 bits per heavy atom. The topological polar surface area (TPSA) is 66.5 Å². The van der Waals surface area contributed by atoms with Gasteiger partial charge in [-0.2, -0.15) is 0 Å². The molecule has 0 radical (unpaired) electrons. The highest BCUT2D eigenvalue weighted by atomic mass is 16.3. The van der Waals surface area contributed by atoms with Crippen molar-refractivity contribution in [2.45, 2.75) is 95.7 Å². The van der Waals surface area contributed by atoms with Crippen LogP contribution < -0.4 is 5.72 Å². The van der Waals surface area contributed by atoms with E-state index in [1.165, 1.54) is 0 Å². The van der Waals surface area contributed by atoms with Crippen LogP contribution in [0.25, 0.3) is 0 Å². The number of allylic oxidation sites excluding steroid dienone is 1. The SMILES string of the molecule is [2H]/C(=C(/[2H])[C@@]([2H])(O)[C@@]([2H])(N([2H])[2H])C([2H])([2H])O)C([2H])([2H])C([2H])([2H])C([2H])([2H])C([2H])([2H])C([2H])([2H])C([2H])([2H])C([2H])([2H])C([2H])CCCCC. The van der Waals surface area contributed by atoms with E-state index in [1.807, 2.05) is 0 Å². The molecule has 0 saturated carbocycles. The van der Waals surface area contributed by atoms with Crippen molar-refractivity contribution in [2.24, 2.45) is 5.72 Å². The Bertz CT molecular complexity index is 1030. The molecule has 3 nitrogen and oxygen atoms in total. The summed E-state index contributed by atoms with van der Waals surface area (Å²) in [5.74, 6) is 0. The van der Waals surface area contributed by atoms with Crippen molar-refractivity contribution in [1.82, 2.24) is 0 Å². The first-order chi connectivity index (χ1) is 19.0. The fraction of sp³-hybridized carbons (Fsp3) is 0.889. The van der Waals surface area contributed by atoms with E-state index in [2.05, 4.69) is 0 Å². The summed E-state index contributed by atoms with van der Waals surface area (Å²) >= 11 is 0. The Labute approximate surface area is 164 Å². The van der Waals surface area contributed by atoms with Crippen molar-refractivity contribution in [3.05, 3.63) is 12.1 Å². The lowest BCUT2D eigenvalue weighted by Gasteiger charge is -2.11. The summed E-state index contributed by atoms with van der Waals surface area (Å²) in [7, 11) is 0. The van der Waals surface area contributed by atoms with Gasteiger partial charge in [0, 0.05) is 20.6 Å². The summed E-state index contributed by atoms with van der Waals surface area (Å²) in [4.78, 5) is 0. The second-order valence-electron chi connectivity index (χ2n) is 3.65. The Hall–Kier alpha value is -0.380. The van der Waals surface area contributed by atoms with Crippen LogP contribution in [-0.2, 0) is 0 Å². The zero-order valence-electron chi connectivity index (χ0n) is 34.7. The van der Waals surface area contributed by atoms with Gasteiger partial charge in [-0.3, -0.25) is 0 Å². The van der Waals surface area contributed by atoms with Gasteiger partial charge in [-0.1, -0.05) is 83.0 Å². The van der Waals surface area contributed by atoms with E-state index in [1.54, 1.807) is 6.92 Å². The van der Waals surface area contributed by atoms with Crippen LogP contribution in [0.3, 0.4) is 0 Å². The van der Waals surface area contributed by atoms with Crippen LogP contribution in [0.4, 0.5) is 0 Å². The molecule has 0 aliphatic rings. The molecule has 0 aromatic carbocycles. The molecule has 4 N–H and O–H groups in total. The van der Waals surface area contributed by atoms with Crippen molar-refractivity contribution in [1.29, 1.82) is 0 Å². The van der Waals surface area contributed by atoms with E-state index >= 15 is 0 Å². The molecule has 1 unspecified atom stereocenters. The first-order valence-electron chi connectivity index (χ1n) is 17.8. The second-order valence-corrected chi connectivity index (χ2v) is 3.65. The van der Waals surface area contributed by atoms with Crippen molar-refractivity contribution in [3.8, 4) is 0 Å². The molecule has 0 saturated heterocycles. The maximum Gasteiger partial charge on any atom is 0.119 e. The molecule has 0 heterocycles. The normalized spacial score (nSPS) is 41.8. The first kappa shape index (κ1) is 4.37. The summed E-state index contributed by atoms with van der Waals surface area (Å²) in [5, 5.41) is 20.1. The zero-order chi connectivity index (χ0) is 36.1. The van der Waals surface area contributed by atoms with Gasteiger partial charge in [0.15, 0.2) is 0 Å². The summed E-state index contributed by atoms with van der Waals surface area (Å²) in [6.45, 7) is -2.46. The minimum absolute atomic E-state index is 0.200. The van der Waals surface area contributed by atoms with Crippen molar-refractivity contribution < 1.29 is 41.8 Å². The second kappa shape index (κ2) is 16.0. The van der Waals surface area contributed by atoms with E-state index < -0.39 is 87.5 Å². The van der Waals surface area contributed by atoms with Gasteiger partial charge in [-0.05, 0) is 12.7 Å². The van der Waals surface area contributed by atoms with Gasteiger partial charge in [-0.25, -0.2) is 0 Å². The number of hydrogen-bond acceptors (Lipinski definition) is 3. The van der Waals surface area contributed by atoms with E-state index in [4.69, 9.17) is 31.6 Å². The molecule has 0 aliphatic heterocycles. The molecule has 126 valence electrons. The number of nitrogens with two attached hydrogens (primary N) is 1. The average Bonchev–Trinajstić information content (AvgIpc) is 2.85. The fourth-order valence-electron chi connectivity index (χ4n) is 1.01. The van der Waals surface area contributed by atoms with Crippen LogP contribution in [0.5, 0.6) is 0 Å². The van der Waals surface area contributed by atoms with Crippen molar-refractivity contribution in [2.75, 3.05) is 6.56 Å². The Morgan fingerprint density at radius 2 is 1.90 bits per heavy atom. The van der Waals surface area contributed by atoms with Crippen molar-refractivity contribution >= 4 is 0 Å². The minimum atomic E-state index is -4.62. The van der Waals surface area contributed by atoms with Gasteiger partial charge in [0.05, 0.1) is 26.9 Å². The van der Waals surface area contributed by atoms with Crippen LogP contribution in [-0.4, -0.2) is 28.9 Å². The van der Waals surface area contributed by atoms with Crippen LogP contribution in [0.2, 0.25) is 2.82 Å². The molecule has 0 aliphatic carbocycles. The summed E-state index contributed by atoms with van der Waals surface area (Å²) < 4.78 is 182. The summed E-state index contributed by atoms with van der Waals surface area (Å²) in [6.07, 6.45) is -35.7. The lowest BCUT2D eigenvalue weighted by atomic mass is 10.0. The van der Waals surface area contributed by atoms with Gasteiger partial charge in [-0.15, -0.1) is 0 Å². The standard InChI is InChI=1S/C18H37NO2/c1-2-3-4-5-6-7-8-9-10-11-12-13-14-15-18(21)17(19)16-20/h14-15,17-18,20-21H,2-13,16,19H2,1H3/b15-14+/t17-,18+/m0/s1/i6D,7D2,8D2,9D2,10D2,11D2,12D2,13D2,14D,15D,16D2,17D,18D/hD2/t6?,17-,18+. The Morgan fingerprint density at radius 1 is 1.19 bits per heavy atom. The minimum Gasteiger partial charge on any atom is -0.395 e. The molecule has 0 amide bonds. The van der Waals surface area contributed by atoms with E-state index in [0.717, 1.165) is 0 Å². The molecule has 3 heteroatoms. The van der Waals surface area contributed by atoms with E-state index in [-0.39, 0.29) is 12.8 Å². The highest BCUT2D eigenvalue weighted by Gasteiger charge is 2.08. The monoisotopic (exact) mass is 322 g/mol. The lowest BCUT2D eigenvalue weighted by Crippen LogP contribution is -2.36. The Kier molecular flexibility index (Phi) is 3.33. The molecular weight excluding hydrogens is 262 g/mol. The zero-order valence-corrected chi connectivity index (χ0v) is 11.7. The molecule has 21 heavy (non-hydrogen) atoms. The molecular formula is C18H37NO2. The van der Waals surface area contributed by atoms with Crippen LogP contribution >= 0.6 is 0 Å². The summed E-state index contributed by atoms with van der Waals surface area (Å²) in [5.41, 5.74) is -1.11. The quantitative estimate of drug-likeness (QED) is 0.298. The first-order valence-corrected chi connectivity index (χ1v) is 6.32. The number of unbranched alkanes of at least 4 members (excludes halogenated alkanes) is 2. The van der Waals surface area contributed by atoms with Crippen molar-refractivity contribution in [3.63, 3.8) is 0 Å². The van der Waals surface area contributed by atoms with Gasteiger partial charge < -0.3 is 15.9 Å². The van der Waals surface area contributed by atoms with Gasteiger partial charge in [0.2, 0.25) is 0 Å². The molecule has 0 aromatic rings.